The minimum Gasteiger partial charge on any atom is -0.480 e. The minimum absolute atomic E-state index is 0.0417. The van der Waals surface area contributed by atoms with Crippen LogP contribution in [0.5, 0.6) is 0 Å². The van der Waals surface area contributed by atoms with Gasteiger partial charge in [-0.2, -0.15) is 0 Å². The summed E-state index contributed by atoms with van der Waals surface area (Å²) in [6.45, 7) is 3.96. The van der Waals surface area contributed by atoms with Crippen LogP contribution in [0, 0.1) is 0 Å². The van der Waals surface area contributed by atoms with Crippen molar-refractivity contribution in [1.29, 1.82) is 0 Å². The van der Waals surface area contributed by atoms with Crippen molar-refractivity contribution in [3.63, 3.8) is 0 Å². The van der Waals surface area contributed by atoms with E-state index in [0.29, 0.717) is 6.42 Å². The lowest BCUT2D eigenvalue weighted by Gasteiger charge is -2.16. The third-order valence-electron chi connectivity index (χ3n) is 3.69. The van der Waals surface area contributed by atoms with Crippen molar-refractivity contribution in [3.05, 3.63) is 29.5 Å². The van der Waals surface area contributed by atoms with Gasteiger partial charge in [0.1, 0.15) is 6.54 Å². The zero-order valence-corrected chi connectivity index (χ0v) is 11.4. The molecule has 0 bridgehead atoms. The topological polar surface area (TPSA) is 71.3 Å². The molecule has 0 unspecified atom stereocenters. The van der Waals surface area contributed by atoms with E-state index in [4.69, 9.17) is 5.11 Å². The molecular weight excluding hydrogens is 256 g/mol. The molecular formula is C15H16N2O3. The maximum absolute atomic E-state index is 11.8. The first-order valence-electron chi connectivity index (χ1n) is 6.64. The number of benzene rings is 1. The smallest absolute Gasteiger partial charge is 0.323 e. The molecule has 0 aliphatic carbocycles. The molecule has 0 atom stereocenters. The fourth-order valence-corrected chi connectivity index (χ4v) is 3.11. The summed E-state index contributed by atoms with van der Waals surface area (Å²) < 4.78 is 1.82. The van der Waals surface area contributed by atoms with Gasteiger partial charge in [0.2, 0.25) is 5.91 Å². The van der Waals surface area contributed by atoms with Crippen molar-refractivity contribution in [1.82, 2.24) is 4.57 Å². The highest BCUT2D eigenvalue weighted by molar-refractivity contribution is 6.09. The van der Waals surface area contributed by atoms with Crippen LogP contribution in [0.1, 0.15) is 31.0 Å². The fraction of sp³-hybridized carbons (Fsp3) is 0.333. The highest BCUT2D eigenvalue weighted by atomic mass is 16.4. The number of nitrogens with zero attached hydrogens (tertiary/aromatic N) is 1. The lowest BCUT2D eigenvalue weighted by Crippen LogP contribution is -2.19. The second-order valence-electron chi connectivity index (χ2n) is 5.42. The van der Waals surface area contributed by atoms with Crippen molar-refractivity contribution < 1.29 is 14.7 Å². The molecule has 0 spiro atoms. The number of carboxylic acid groups (broad SMARTS) is 1. The molecule has 0 radical (unpaired) electrons. The van der Waals surface area contributed by atoms with Crippen LogP contribution in [-0.4, -0.2) is 21.6 Å². The summed E-state index contributed by atoms with van der Waals surface area (Å²) in [5.74, 6) is -0.755. The minimum atomic E-state index is -0.876. The van der Waals surface area contributed by atoms with Crippen molar-refractivity contribution in [2.75, 3.05) is 5.32 Å². The number of carboxylic acids is 1. The second-order valence-corrected chi connectivity index (χ2v) is 5.42. The Labute approximate surface area is 116 Å². The first kappa shape index (κ1) is 12.7. The van der Waals surface area contributed by atoms with Gasteiger partial charge >= 0.3 is 5.97 Å². The molecule has 2 heterocycles. The zero-order chi connectivity index (χ0) is 14.4. The Bertz CT molecular complexity index is 728. The van der Waals surface area contributed by atoms with Gasteiger partial charge in [-0.05, 0) is 23.6 Å². The van der Waals surface area contributed by atoms with Gasteiger partial charge in [0.05, 0.1) is 17.6 Å². The summed E-state index contributed by atoms with van der Waals surface area (Å²) in [7, 11) is 0. The van der Waals surface area contributed by atoms with Crippen molar-refractivity contribution >= 4 is 28.5 Å². The van der Waals surface area contributed by atoms with E-state index in [1.54, 1.807) is 0 Å². The summed E-state index contributed by atoms with van der Waals surface area (Å²) >= 11 is 0. The normalized spacial score (nSPS) is 13.8. The molecule has 1 aromatic heterocycles. The molecule has 104 valence electrons. The van der Waals surface area contributed by atoms with E-state index in [-0.39, 0.29) is 18.4 Å². The number of amides is 1. The second kappa shape index (κ2) is 4.37. The van der Waals surface area contributed by atoms with Crippen LogP contribution in [0.3, 0.4) is 0 Å². The van der Waals surface area contributed by atoms with Crippen LogP contribution in [0.15, 0.2) is 18.2 Å². The lowest BCUT2D eigenvalue weighted by molar-refractivity contribution is -0.137. The molecule has 5 heteroatoms. The van der Waals surface area contributed by atoms with E-state index in [1.807, 2.05) is 36.6 Å². The zero-order valence-electron chi connectivity index (χ0n) is 11.4. The maximum Gasteiger partial charge on any atom is 0.323 e. The molecule has 2 N–H and O–H groups in total. The molecule has 2 aromatic rings. The monoisotopic (exact) mass is 272 g/mol. The number of rotatable bonds is 3. The molecule has 3 rings (SSSR count). The molecule has 1 aliphatic rings. The predicted molar refractivity (Wildman–Crippen MR) is 76.0 cm³/mol. The Kier molecular flexibility index (Phi) is 2.78. The number of nitrogens with one attached hydrogen (secondary N) is 1. The first-order valence-corrected chi connectivity index (χ1v) is 6.64. The SMILES string of the molecule is CC(C)c1c2c3c(cccc3n1CC(=O)O)NC(=O)C2. The molecule has 1 aliphatic heterocycles. The molecule has 1 amide bonds. The van der Waals surface area contributed by atoms with Crippen LogP contribution in [-0.2, 0) is 22.6 Å². The van der Waals surface area contributed by atoms with E-state index in [1.165, 1.54) is 0 Å². The molecule has 0 saturated carbocycles. The van der Waals surface area contributed by atoms with Crippen molar-refractivity contribution in [3.8, 4) is 0 Å². The average Bonchev–Trinajstić information content (AvgIpc) is 2.64. The third kappa shape index (κ3) is 1.78. The number of hydrogen-bond donors (Lipinski definition) is 2. The lowest BCUT2D eigenvalue weighted by atomic mass is 9.97. The molecule has 0 saturated heterocycles. The Balaban J connectivity index is 2.38. The highest BCUT2D eigenvalue weighted by Crippen LogP contribution is 2.38. The number of aromatic nitrogens is 1. The largest absolute Gasteiger partial charge is 0.480 e. The van der Waals surface area contributed by atoms with Crippen molar-refractivity contribution in [2.24, 2.45) is 0 Å². The van der Waals surface area contributed by atoms with Gasteiger partial charge in [-0.25, -0.2) is 0 Å². The van der Waals surface area contributed by atoms with Gasteiger partial charge in [-0.15, -0.1) is 0 Å². The highest BCUT2D eigenvalue weighted by Gasteiger charge is 2.27. The molecule has 5 nitrogen and oxygen atoms in total. The quantitative estimate of drug-likeness (QED) is 0.901. The molecule has 0 fully saturated rings. The molecule has 20 heavy (non-hydrogen) atoms. The maximum atomic E-state index is 11.8. The Morgan fingerprint density at radius 1 is 1.45 bits per heavy atom. The summed E-state index contributed by atoms with van der Waals surface area (Å²) in [6, 6.07) is 5.61. The van der Waals surface area contributed by atoms with Gasteiger partial charge in [0.25, 0.3) is 0 Å². The van der Waals surface area contributed by atoms with Crippen LogP contribution in [0.25, 0.3) is 10.9 Å². The van der Waals surface area contributed by atoms with Crippen LogP contribution in [0.4, 0.5) is 5.69 Å². The standard InChI is InChI=1S/C15H16N2O3/c1-8(2)15-9-6-12(18)16-10-4-3-5-11(14(9)10)17(15)7-13(19)20/h3-5,8H,6-7H2,1-2H3,(H,16,18)(H,19,20). The summed E-state index contributed by atoms with van der Waals surface area (Å²) in [4.78, 5) is 23.0. The predicted octanol–water partition coefficient (Wildman–Crippen LogP) is 2.34. The van der Waals surface area contributed by atoms with E-state index in [0.717, 1.165) is 27.8 Å². The Morgan fingerprint density at radius 3 is 2.85 bits per heavy atom. The van der Waals surface area contributed by atoms with Crippen LogP contribution >= 0.6 is 0 Å². The fourth-order valence-electron chi connectivity index (χ4n) is 3.11. The van der Waals surface area contributed by atoms with E-state index >= 15 is 0 Å². The Morgan fingerprint density at radius 2 is 2.20 bits per heavy atom. The number of anilines is 1. The van der Waals surface area contributed by atoms with Gasteiger partial charge < -0.3 is 15.0 Å². The van der Waals surface area contributed by atoms with Crippen LogP contribution in [0.2, 0.25) is 0 Å². The third-order valence-corrected chi connectivity index (χ3v) is 3.69. The summed E-state index contributed by atoms with van der Waals surface area (Å²) in [6.07, 6.45) is 0.313. The van der Waals surface area contributed by atoms with Gasteiger partial charge in [0, 0.05) is 11.1 Å². The number of carbonyl (C=O) groups excluding carboxylic acids is 1. The van der Waals surface area contributed by atoms with Gasteiger partial charge in [-0.3, -0.25) is 9.59 Å². The summed E-state index contributed by atoms with van der Waals surface area (Å²) in [5, 5.41) is 13.0. The first-order chi connectivity index (χ1) is 9.49. The average molecular weight is 272 g/mol. The van der Waals surface area contributed by atoms with E-state index in [2.05, 4.69) is 5.32 Å². The van der Waals surface area contributed by atoms with E-state index < -0.39 is 5.97 Å². The van der Waals surface area contributed by atoms with Crippen molar-refractivity contribution in [2.45, 2.75) is 32.7 Å². The molecule has 1 aromatic carbocycles. The Hall–Kier alpha value is -2.30. The number of aliphatic carboxylic acids is 1. The van der Waals surface area contributed by atoms with Gasteiger partial charge in [0.15, 0.2) is 0 Å². The van der Waals surface area contributed by atoms with Crippen LogP contribution < -0.4 is 5.32 Å². The van der Waals surface area contributed by atoms with E-state index in [9.17, 15) is 9.59 Å². The number of hydrogen-bond acceptors (Lipinski definition) is 2. The van der Waals surface area contributed by atoms with Gasteiger partial charge in [-0.1, -0.05) is 19.9 Å². The number of carbonyl (C=O) groups is 2. The summed E-state index contributed by atoms with van der Waals surface area (Å²) in [5.41, 5.74) is 3.57.